The first-order chi connectivity index (χ1) is 13.4. The van der Waals surface area contributed by atoms with Crippen LogP contribution in [0.2, 0.25) is 0 Å². The maximum Gasteiger partial charge on any atom is 0.293 e. The summed E-state index contributed by atoms with van der Waals surface area (Å²) in [5.74, 6) is -0.203. The van der Waals surface area contributed by atoms with Gasteiger partial charge in [-0.15, -0.1) is 0 Å². The molecule has 5 nitrogen and oxygen atoms in total. The Bertz CT molecular complexity index is 924. The fourth-order valence-corrected chi connectivity index (χ4v) is 4.54. The number of amides is 2. The van der Waals surface area contributed by atoms with Crippen molar-refractivity contribution in [3.8, 4) is 5.69 Å². The third kappa shape index (κ3) is 3.61. The van der Waals surface area contributed by atoms with Crippen LogP contribution in [0.15, 0.2) is 35.2 Å². The summed E-state index contributed by atoms with van der Waals surface area (Å²) in [6, 6.07) is 10.6. The van der Waals surface area contributed by atoms with Gasteiger partial charge in [0.05, 0.1) is 4.91 Å². The summed E-state index contributed by atoms with van der Waals surface area (Å²) in [4.78, 5) is 28.4. The van der Waals surface area contributed by atoms with Crippen LogP contribution in [-0.2, 0) is 4.79 Å². The van der Waals surface area contributed by atoms with Gasteiger partial charge in [-0.25, -0.2) is 0 Å². The van der Waals surface area contributed by atoms with E-state index in [9.17, 15) is 9.59 Å². The smallest absolute Gasteiger partial charge is 0.293 e. The topological polar surface area (TPSA) is 45.6 Å². The normalized spacial score (nSPS) is 15.8. The summed E-state index contributed by atoms with van der Waals surface area (Å²) in [7, 11) is 0. The fraction of sp³-hybridized carbons (Fsp3) is 0.364. The van der Waals surface area contributed by atoms with Crippen molar-refractivity contribution in [2.24, 2.45) is 0 Å². The van der Waals surface area contributed by atoms with Gasteiger partial charge in [-0.3, -0.25) is 14.5 Å². The monoisotopic (exact) mass is 397 g/mol. The summed E-state index contributed by atoms with van der Waals surface area (Å²) in [6.45, 7) is 12.6. The Balaban J connectivity index is 1.94. The number of thioether (sulfide) groups is 1. The Kier molecular flexibility index (Phi) is 5.98. The van der Waals surface area contributed by atoms with Crippen molar-refractivity contribution in [3.05, 3.63) is 52.2 Å². The maximum absolute atomic E-state index is 12.4. The third-order valence-electron chi connectivity index (χ3n) is 5.18. The molecule has 28 heavy (non-hydrogen) atoms. The Morgan fingerprint density at radius 2 is 1.68 bits per heavy atom. The molecule has 0 saturated carbocycles. The lowest BCUT2D eigenvalue weighted by molar-refractivity contribution is -0.122. The van der Waals surface area contributed by atoms with Gasteiger partial charge >= 0.3 is 0 Å². The molecule has 1 aromatic carbocycles. The summed E-state index contributed by atoms with van der Waals surface area (Å²) >= 11 is 1.01. The second kappa shape index (κ2) is 8.27. The highest BCUT2D eigenvalue weighted by Crippen LogP contribution is 2.33. The first kappa shape index (κ1) is 20.3. The van der Waals surface area contributed by atoms with Crippen LogP contribution in [0.5, 0.6) is 0 Å². The van der Waals surface area contributed by atoms with Crippen molar-refractivity contribution >= 4 is 34.7 Å². The lowest BCUT2D eigenvalue weighted by Gasteiger charge is -2.21. The van der Waals surface area contributed by atoms with E-state index < -0.39 is 0 Å². The molecule has 2 aromatic rings. The number of aryl methyl sites for hydroxylation is 1. The molecule has 2 amide bonds. The molecule has 0 bridgehead atoms. The molecule has 1 saturated heterocycles. The number of nitrogens with zero attached hydrogens (tertiary/aromatic N) is 3. The lowest BCUT2D eigenvalue weighted by atomic mass is 10.2. The van der Waals surface area contributed by atoms with E-state index in [1.165, 1.54) is 10.6 Å². The molecule has 0 unspecified atom stereocenters. The minimum Gasteiger partial charge on any atom is -0.372 e. The molecule has 0 aliphatic carbocycles. The zero-order valence-electron chi connectivity index (χ0n) is 17.2. The van der Waals surface area contributed by atoms with Crippen LogP contribution in [0, 0.1) is 13.8 Å². The van der Waals surface area contributed by atoms with Crippen LogP contribution in [-0.4, -0.2) is 40.2 Å². The van der Waals surface area contributed by atoms with Gasteiger partial charge in [-0.05, 0) is 88.4 Å². The van der Waals surface area contributed by atoms with E-state index in [0.29, 0.717) is 11.4 Å². The zero-order chi connectivity index (χ0) is 20.4. The first-order valence-electron chi connectivity index (χ1n) is 9.70. The number of anilines is 1. The quantitative estimate of drug-likeness (QED) is 0.644. The Morgan fingerprint density at radius 3 is 2.21 bits per heavy atom. The molecular formula is C22H27N3O2S. The summed E-state index contributed by atoms with van der Waals surface area (Å²) < 4.78 is 2.18. The standard InChI is InChI=1S/C22H27N3O2S/c1-6-23(7-2)18-9-11-19(12-10-18)25-15(4)13-17(16(25)5)14-20-21(26)24(8-3)22(27)28-20/h9-14H,6-8H2,1-5H3/b20-14+. The van der Waals surface area contributed by atoms with Crippen LogP contribution in [0.1, 0.15) is 37.7 Å². The third-order valence-corrected chi connectivity index (χ3v) is 6.09. The van der Waals surface area contributed by atoms with E-state index in [2.05, 4.69) is 60.6 Å². The van der Waals surface area contributed by atoms with Crippen LogP contribution in [0.25, 0.3) is 11.8 Å². The molecular weight excluding hydrogens is 370 g/mol. The minimum absolute atomic E-state index is 0.195. The van der Waals surface area contributed by atoms with E-state index in [1.54, 1.807) is 0 Å². The largest absolute Gasteiger partial charge is 0.372 e. The van der Waals surface area contributed by atoms with Crippen molar-refractivity contribution < 1.29 is 9.59 Å². The van der Waals surface area contributed by atoms with Gasteiger partial charge in [0.15, 0.2) is 0 Å². The molecule has 2 heterocycles. The molecule has 0 atom stereocenters. The van der Waals surface area contributed by atoms with E-state index in [4.69, 9.17) is 0 Å². The molecule has 1 fully saturated rings. The number of carbonyl (C=O) groups is 2. The van der Waals surface area contributed by atoms with Crippen molar-refractivity contribution in [2.75, 3.05) is 24.5 Å². The summed E-state index contributed by atoms with van der Waals surface area (Å²) in [5.41, 5.74) is 5.41. The van der Waals surface area contributed by atoms with Crippen LogP contribution >= 0.6 is 11.8 Å². The Hall–Kier alpha value is -2.47. The van der Waals surface area contributed by atoms with Gasteiger partial charge in [-0.2, -0.15) is 0 Å². The Labute approximate surface area is 171 Å². The van der Waals surface area contributed by atoms with Crippen LogP contribution in [0.4, 0.5) is 10.5 Å². The number of benzene rings is 1. The molecule has 1 aliphatic heterocycles. The van der Waals surface area contributed by atoms with Crippen molar-refractivity contribution in [1.82, 2.24) is 9.47 Å². The van der Waals surface area contributed by atoms with E-state index in [-0.39, 0.29) is 11.1 Å². The van der Waals surface area contributed by atoms with Gasteiger partial charge in [0.2, 0.25) is 0 Å². The minimum atomic E-state index is -0.203. The molecule has 1 aliphatic rings. The summed E-state index contributed by atoms with van der Waals surface area (Å²) in [6.07, 6.45) is 1.84. The predicted molar refractivity (Wildman–Crippen MR) is 117 cm³/mol. The fourth-order valence-electron chi connectivity index (χ4n) is 3.65. The number of rotatable bonds is 6. The molecule has 1 aromatic heterocycles. The molecule has 3 rings (SSSR count). The van der Waals surface area contributed by atoms with Crippen LogP contribution in [0.3, 0.4) is 0 Å². The number of aromatic nitrogens is 1. The summed E-state index contributed by atoms with van der Waals surface area (Å²) in [5, 5.41) is -0.195. The number of carbonyl (C=O) groups excluding carboxylic acids is 2. The van der Waals surface area contributed by atoms with E-state index in [1.807, 2.05) is 19.9 Å². The average molecular weight is 398 g/mol. The SMILES string of the molecule is CCN1C(=O)S/C(=C/c2cc(C)n(-c3ccc(N(CC)CC)cc3)c2C)C1=O. The van der Waals surface area contributed by atoms with Crippen molar-refractivity contribution in [3.63, 3.8) is 0 Å². The number of imide groups is 1. The van der Waals surface area contributed by atoms with E-state index in [0.717, 1.165) is 47.5 Å². The Morgan fingerprint density at radius 1 is 1.04 bits per heavy atom. The number of likely N-dealkylation sites (N-methyl/N-ethyl adjacent to an activating group) is 1. The van der Waals surface area contributed by atoms with Gasteiger partial charge in [-0.1, -0.05) is 0 Å². The lowest BCUT2D eigenvalue weighted by Crippen LogP contribution is -2.27. The first-order valence-corrected chi connectivity index (χ1v) is 10.5. The highest BCUT2D eigenvalue weighted by molar-refractivity contribution is 8.18. The maximum atomic E-state index is 12.4. The van der Waals surface area contributed by atoms with E-state index >= 15 is 0 Å². The molecule has 0 radical (unpaired) electrons. The zero-order valence-corrected chi connectivity index (χ0v) is 18.0. The number of hydrogen-bond donors (Lipinski definition) is 0. The van der Waals surface area contributed by atoms with Gasteiger partial charge in [0, 0.05) is 42.4 Å². The van der Waals surface area contributed by atoms with Crippen LogP contribution < -0.4 is 4.90 Å². The second-order valence-electron chi connectivity index (χ2n) is 6.78. The molecule has 0 N–H and O–H groups in total. The van der Waals surface area contributed by atoms with Crippen molar-refractivity contribution in [2.45, 2.75) is 34.6 Å². The van der Waals surface area contributed by atoms with Gasteiger partial charge in [0.1, 0.15) is 0 Å². The molecule has 0 spiro atoms. The number of hydrogen-bond acceptors (Lipinski definition) is 4. The predicted octanol–water partition coefficient (Wildman–Crippen LogP) is 5.00. The van der Waals surface area contributed by atoms with Gasteiger partial charge < -0.3 is 9.47 Å². The molecule has 148 valence electrons. The second-order valence-corrected chi connectivity index (χ2v) is 7.77. The highest BCUT2D eigenvalue weighted by Gasteiger charge is 2.33. The molecule has 6 heteroatoms. The average Bonchev–Trinajstić information content (AvgIpc) is 3.11. The van der Waals surface area contributed by atoms with Gasteiger partial charge in [0.25, 0.3) is 11.1 Å². The highest BCUT2D eigenvalue weighted by atomic mass is 32.2. The van der Waals surface area contributed by atoms with Crippen molar-refractivity contribution in [1.29, 1.82) is 0 Å².